The fourth-order valence-electron chi connectivity index (χ4n) is 2.41. The van der Waals surface area contributed by atoms with Crippen molar-refractivity contribution in [1.29, 1.82) is 0 Å². The number of thioether (sulfide) groups is 1. The lowest BCUT2D eigenvalue weighted by atomic mass is 10.1. The summed E-state index contributed by atoms with van der Waals surface area (Å²) in [4.78, 5) is 16.2. The van der Waals surface area contributed by atoms with Crippen LogP contribution in [0, 0.1) is 12.8 Å². The van der Waals surface area contributed by atoms with Crippen molar-refractivity contribution < 1.29 is 4.79 Å². The summed E-state index contributed by atoms with van der Waals surface area (Å²) in [5.74, 6) is 1.45. The van der Waals surface area contributed by atoms with Gasteiger partial charge in [-0.2, -0.15) is 0 Å². The van der Waals surface area contributed by atoms with E-state index in [-0.39, 0.29) is 11.7 Å². The van der Waals surface area contributed by atoms with Crippen LogP contribution in [0.25, 0.3) is 11.4 Å². The molecule has 1 aromatic carbocycles. The van der Waals surface area contributed by atoms with Gasteiger partial charge in [-0.3, -0.25) is 4.79 Å². The summed E-state index contributed by atoms with van der Waals surface area (Å²) < 4.78 is 2.09. The van der Waals surface area contributed by atoms with Crippen LogP contribution in [-0.2, 0) is 11.3 Å². The number of benzene rings is 1. The first-order chi connectivity index (χ1) is 12.5. The maximum Gasteiger partial charge on any atom is 0.236 e. The van der Waals surface area contributed by atoms with Gasteiger partial charge >= 0.3 is 0 Å². The van der Waals surface area contributed by atoms with Crippen LogP contribution in [0.4, 0.5) is 5.13 Å². The van der Waals surface area contributed by atoms with Gasteiger partial charge in [-0.25, -0.2) is 4.98 Å². The monoisotopic (exact) mass is 387 g/mol. The van der Waals surface area contributed by atoms with E-state index in [1.54, 1.807) is 6.20 Å². The fourth-order valence-corrected chi connectivity index (χ4v) is 3.70. The molecule has 0 aliphatic carbocycles. The lowest BCUT2D eigenvalue weighted by molar-refractivity contribution is -0.113. The number of thiazole rings is 1. The summed E-state index contributed by atoms with van der Waals surface area (Å²) >= 11 is 2.79. The van der Waals surface area contributed by atoms with Crippen molar-refractivity contribution in [1.82, 2.24) is 19.7 Å². The molecular formula is C18H21N5OS2. The van der Waals surface area contributed by atoms with Crippen LogP contribution < -0.4 is 5.32 Å². The molecule has 26 heavy (non-hydrogen) atoms. The number of aromatic nitrogens is 4. The third-order valence-corrected chi connectivity index (χ3v) is 5.24. The average Bonchev–Trinajstić information content (AvgIpc) is 3.24. The Morgan fingerprint density at radius 2 is 2.04 bits per heavy atom. The predicted octanol–water partition coefficient (Wildman–Crippen LogP) is 4.10. The predicted molar refractivity (Wildman–Crippen MR) is 107 cm³/mol. The normalized spacial score (nSPS) is 11.1. The molecule has 6 nitrogen and oxygen atoms in total. The lowest BCUT2D eigenvalue weighted by Crippen LogP contribution is -2.15. The molecule has 0 saturated carbocycles. The van der Waals surface area contributed by atoms with Crippen LogP contribution in [0.15, 0.2) is 41.0 Å². The molecule has 0 spiro atoms. The van der Waals surface area contributed by atoms with Crippen molar-refractivity contribution in [2.75, 3.05) is 11.1 Å². The van der Waals surface area contributed by atoms with Gasteiger partial charge in [0.25, 0.3) is 0 Å². The highest BCUT2D eigenvalue weighted by Gasteiger charge is 2.17. The number of aryl methyl sites for hydroxylation is 1. The van der Waals surface area contributed by atoms with Crippen molar-refractivity contribution in [3.05, 3.63) is 41.4 Å². The number of carbonyl (C=O) groups excluding carboxylic acids is 1. The van der Waals surface area contributed by atoms with Gasteiger partial charge in [-0.1, -0.05) is 55.4 Å². The zero-order chi connectivity index (χ0) is 18.5. The Morgan fingerprint density at radius 1 is 1.27 bits per heavy atom. The molecule has 0 saturated heterocycles. The van der Waals surface area contributed by atoms with Gasteiger partial charge in [-0.15, -0.1) is 21.5 Å². The highest BCUT2D eigenvalue weighted by Crippen LogP contribution is 2.25. The van der Waals surface area contributed by atoms with Crippen molar-refractivity contribution in [2.24, 2.45) is 5.92 Å². The van der Waals surface area contributed by atoms with E-state index in [0.717, 1.165) is 23.1 Å². The van der Waals surface area contributed by atoms with Crippen LogP contribution in [0.1, 0.15) is 19.4 Å². The molecule has 0 aliphatic heterocycles. The average molecular weight is 388 g/mol. The van der Waals surface area contributed by atoms with Gasteiger partial charge in [0.15, 0.2) is 16.1 Å². The molecule has 1 amide bonds. The number of hydrogen-bond acceptors (Lipinski definition) is 6. The van der Waals surface area contributed by atoms with E-state index in [1.165, 1.54) is 28.7 Å². The van der Waals surface area contributed by atoms with Crippen molar-refractivity contribution in [3.8, 4) is 11.4 Å². The quantitative estimate of drug-likeness (QED) is 0.618. The van der Waals surface area contributed by atoms with E-state index < -0.39 is 0 Å². The zero-order valence-electron chi connectivity index (χ0n) is 15.0. The van der Waals surface area contributed by atoms with E-state index in [1.807, 2.05) is 5.38 Å². The number of carbonyl (C=O) groups is 1. The van der Waals surface area contributed by atoms with Gasteiger partial charge in [-0.05, 0) is 12.8 Å². The highest BCUT2D eigenvalue weighted by atomic mass is 32.2. The number of nitrogens with zero attached hydrogens (tertiary/aromatic N) is 4. The molecule has 136 valence electrons. The molecule has 0 aliphatic rings. The van der Waals surface area contributed by atoms with Gasteiger partial charge in [0, 0.05) is 23.7 Å². The Balaban J connectivity index is 1.76. The lowest BCUT2D eigenvalue weighted by Gasteiger charge is -2.12. The Kier molecular flexibility index (Phi) is 6.05. The van der Waals surface area contributed by atoms with E-state index >= 15 is 0 Å². The Bertz CT molecular complexity index is 856. The first-order valence-electron chi connectivity index (χ1n) is 8.35. The largest absolute Gasteiger partial charge is 0.302 e. The molecule has 0 unspecified atom stereocenters. The minimum atomic E-state index is -0.0964. The first kappa shape index (κ1) is 18.6. The molecule has 1 N–H and O–H groups in total. The van der Waals surface area contributed by atoms with Crippen molar-refractivity contribution in [2.45, 2.75) is 32.5 Å². The molecule has 0 atom stereocenters. The van der Waals surface area contributed by atoms with Crippen LogP contribution in [0.3, 0.4) is 0 Å². The molecule has 0 radical (unpaired) electrons. The summed E-state index contributed by atoms with van der Waals surface area (Å²) in [6, 6.07) is 8.25. The van der Waals surface area contributed by atoms with E-state index in [9.17, 15) is 4.79 Å². The molecule has 2 aromatic heterocycles. The summed E-state index contributed by atoms with van der Waals surface area (Å²) in [7, 11) is 0. The Hall–Kier alpha value is -2.19. The topological polar surface area (TPSA) is 72.7 Å². The zero-order valence-corrected chi connectivity index (χ0v) is 16.6. The molecule has 8 heteroatoms. The first-order valence-corrected chi connectivity index (χ1v) is 10.2. The standard InChI is InChI=1S/C18H21N5OS2/c1-12(2)10-23-16(14-6-4-13(3)5-7-14)21-22-18(23)26-11-15(24)20-17-19-8-9-25-17/h4-9,12H,10-11H2,1-3H3,(H,19,20,24). The van der Waals surface area contributed by atoms with Crippen LogP contribution in [0.5, 0.6) is 0 Å². The number of nitrogens with one attached hydrogen (secondary N) is 1. The maximum absolute atomic E-state index is 12.1. The van der Waals surface area contributed by atoms with Crippen LogP contribution in [-0.4, -0.2) is 31.4 Å². The second-order valence-corrected chi connectivity index (χ2v) is 8.19. The molecule has 0 fully saturated rings. The van der Waals surface area contributed by atoms with Crippen molar-refractivity contribution >= 4 is 34.1 Å². The van der Waals surface area contributed by atoms with Gasteiger partial charge in [0.2, 0.25) is 5.91 Å². The number of hydrogen-bond donors (Lipinski definition) is 1. The molecule has 3 rings (SSSR count). The number of rotatable bonds is 7. The van der Waals surface area contributed by atoms with E-state index in [0.29, 0.717) is 11.0 Å². The third kappa shape index (κ3) is 4.70. The minimum absolute atomic E-state index is 0.0964. The second-order valence-electron chi connectivity index (χ2n) is 6.35. The van der Waals surface area contributed by atoms with Gasteiger partial charge < -0.3 is 9.88 Å². The van der Waals surface area contributed by atoms with Gasteiger partial charge in [0.05, 0.1) is 5.75 Å². The molecule has 3 aromatic rings. The van der Waals surface area contributed by atoms with Crippen LogP contribution in [0.2, 0.25) is 0 Å². The Morgan fingerprint density at radius 3 is 2.69 bits per heavy atom. The molecule has 2 heterocycles. The molecular weight excluding hydrogens is 366 g/mol. The highest BCUT2D eigenvalue weighted by molar-refractivity contribution is 7.99. The van der Waals surface area contributed by atoms with Crippen LogP contribution >= 0.6 is 23.1 Å². The van der Waals surface area contributed by atoms with E-state index in [4.69, 9.17) is 0 Å². The minimum Gasteiger partial charge on any atom is -0.302 e. The smallest absolute Gasteiger partial charge is 0.236 e. The summed E-state index contributed by atoms with van der Waals surface area (Å²) in [5, 5.41) is 14.7. The number of anilines is 1. The maximum atomic E-state index is 12.1. The second kappa shape index (κ2) is 8.46. The Labute approximate surface area is 161 Å². The summed E-state index contributed by atoms with van der Waals surface area (Å²) in [6.45, 7) is 7.17. The third-order valence-electron chi connectivity index (χ3n) is 3.59. The summed E-state index contributed by atoms with van der Waals surface area (Å²) in [5.41, 5.74) is 2.24. The SMILES string of the molecule is Cc1ccc(-c2nnc(SCC(=O)Nc3nccs3)n2CC(C)C)cc1. The number of amides is 1. The van der Waals surface area contributed by atoms with E-state index in [2.05, 4.69) is 70.1 Å². The molecule has 0 bridgehead atoms. The fraction of sp³-hybridized carbons (Fsp3) is 0.333. The summed E-state index contributed by atoms with van der Waals surface area (Å²) in [6.07, 6.45) is 1.67. The van der Waals surface area contributed by atoms with Gasteiger partial charge in [0.1, 0.15) is 0 Å². The van der Waals surface area contributed by atoms with Crippen molar-refractivity contribution in [3.63, 3.8) is 0 Å².